The lowest BCUT2D eigenvalue weighted by Gasteiger charge is -2.31. The number of nitrogens with one attached hydrogen (secondary N) is 2. The van der Waals surface area contributed by atoms with Crippen LogP contribution in [-0.4, -0.2) is 18.0 Å². The molecule has 5 heteroatoms. The van der Waals surface area contributed by atoms with Crippen molar-refractivity contribution >= 4 is 27.5 Å². The van der Waals surface area contributed by atoms with Crippen molar-refractivity contribution in [3.05, 3.63) is 28.7 Å². The second-order valence-electron chi connectivity index (χ2n) is 5.14. The molecule has 1 fully saturated rings. The molecule has 0 atom stereocenters. The molecule has 0 heterocycles. The normalized spacial score (nSPS) is 17.0. The number of halogens is 1. The molecule has 2 N–H and O–H groups in total. The lowest BCUT2D eigenvalue weighted by atomic mass is 9.83. The zero-order chi connectivity index (χ0) is 14.4. The van der Waals surface area contributed by atoms with Crippen molar-refractivity contribution in [1.29, 1.82) is 5.26 Å². The molecular formula is C15H18BrN3O. The van der Waals surface area contributed by atoms with E-state index in [2.05, 4.69) is 32.6 Å². The minimum absolute atomic E-state index is 0.135. The van der Waals surface area contributed by atoms with Crippen molar-refractivity contribution in [2.45, 2.75) is 37.6 Å². The van der Waals surface area contributed by atoms with Gasteiger partial charge in [0.05, 0.1) is 12.6 Å². The smallest absolute Gasteiger partial charge is 0.240 e. The van der Waals surface area contributed by atoms with Gasteiger partial charge in [0.25, 0.3) is 0 Å². The number of rotatable bonds is 4. The van der Waals surface area contributed by atoms with Crippen molar-refractivity contribution in [3.63, 3.8) is 0 Å². The zero-order valence-corrected chi connectivity index (χ0v) is 12.9. The van der Waals surface area contributed by atoms with E-state index in [1.807, 2.05) is 24.3 Å². The number of amides is 1. The van der Waals surface area contributed by atoms with Crippen LogP contribution in [0.2, 0.25) is 0 Å². The van der Waals surface area contributed by atoms with E-state index in [1.54, 1.807) is 0 Å². The minimum Gasteiger partial charge on any atom is -0.375 e. The highest BCUT2D eigenvalue weighted by molar-refractivity contribution is 9.10. The number of nitrogens with zero attached hydrogens (tertiary/aromatic N) is 1. The number of para-hydroxylation sites is 1. The molecule has 1 aliphatic rings. The van der Waals surface area contributed by atoms with Crippen molar-refractivity contribution < 1.29 is 4.79 Å². The molecule has 0 aliphatic heterocycles. The fraction of sp³-hybridized carbons (Fsp3) is 0.467. The Balaban J connectivity index is 1.89. The molecular weight excluding hydrogens is 318 g/mol. The average molecular weight is 336 g/mol. The van der Waals surface area contributed by atoms with Gasteiger partial charge in [-0.25, -0.2) is 0 Å². The Hall–Kier alpha value is -1.54. The van der Waals surface area contributed by atoms with Crippen LogP contribution in [-0.2, 0) is 4.79 Å². The summed E-state index contributed by atoms with van der Waals surface area (Å²) in [4.78, 5) is 12.0. The second-order valence-corrected chi connectivity index (χ2v) is 5.99. The zero-order valence-electron chi connectivity index (χ0n) is 11.3. The first-order valence-corrected chi connectivity index (χ1v) is 7.65. The summed E-state index contributed by atoms with van der Waals surface area (Å²) in [6, 6.07) is 9.93. The Bertz CT molecular complexity index is 518. The van der Waals surface area contributed by atoms with Crippen LogP contribution < -0.4 is 10.6 Å². The summed E-state index contributed by atoms with van der Waals surface area (Å²) in [6.07, 6.45) is 4.67. The van der Waals surface area contributed by atoms with Gasteiger partial charge in [-0.15, -0.1) is 0 Å². The second kappa shape index (κ2) is 6.76. The quantitative estimate of drug-likeness (QED) is 0.887. The van der Waals surface area contributed by atoms with Gasteiger partial charge >= 0.3 is 0 Å². The van der Waals surface area contributed by atoms with E-state index in [-0.39, 0.29) is 12.5 Å². The summed E-state index contributed by atoms with van der Waals surface area (Å²) in [7, 11) is 0. The predicted octanol–water partition coefficient (Wildman–Crippen LogP) is 3.20. The van der Waals surface area contributed by atoms with Crippen molar-refractivity contribution in [1.82, 2.24) is 5.32 Å². The van der Waals surface area contributed by atoms with Crippen molar-refractivity contribution in [2.75, 3.05) is 11.9 Å². The van der Waals surface area contributed by atoms with Crippen LogP contribution in [0.5, 0.6) is 0 Å². The molecule has 1 aromatic carbocycles. The van der Waals surface area contributed by atoms with E-state index < -0.39 is 5.54 Å². The Morgan fingerprint density at radius 1 is 1.30 bits per heavy atom. The molecule has 20 heavy (non-hydrogen) atoms. The first kappa shape index (κ1) is 14.9. The maximum atomic E-state index is 12.0. The van der Waals surface area contributed by atoms with E-state index >= 15 is 0 Å². The molecule has 1 aliphatic carbocycles. The van der Waals surface area contributed by atoms with Gasteiger partial charge in [0, 0.05) is 10.2 Å². The molecule has 0 aromatic heterocycles. The topological polar surface area (TPSA) is 64.9 Å². The lowest BCUT2D eigenvalue weighted by Crippen LogP contribution is -2.50. The Labute approximate surface area is 127 Å². The molecule has 106 valence electrons. The third-order valence-electron chi connectivity index (χ3n) is 3.61. The van der Waals surface area contributed by atoms with Gasteiger partial charge < -0.3 is 10.6 Å². The first-order valence-electron chi connectivity index (χ1n) is 6.86. The third-order valence-corrected chi connectivity index (χ3v) is 4.30. The summed E-state index contributed by atoms with van der Waals surface area (Å²) in [6.45, 7) is 0.173. The summed E-state index contributed by atoms with van der Waals surface area (Å²) in [5, 5.41) is 15.3. The molecule has 0 radical (unpaired) electrons. The van der Waals surface area contributed by atoms with Gasteiger partial charge in [0.2, 0.25) is 5.91 Å². The largest absolute Gasteiger partial charge is 0.375 e. The molecule has 1 saturated carbocycles. The molecule has 0 bridgehead atoms. The number of benzene rings is 1. The highest BCUT2D eigenvalue weighted by atomic mass is 79.9. The summed E-state index contributed by atoms with van der Waals surface area (Å²) >= 11 is 3.42. The van der Waals surface area contributed by atoms with Gasteiger partial charge in [-0.3, -0.25) is 4.79 Å². The van der Waals surface area contributed by atoms with E-state index in [1.165, 1.54) is 0 Å². The molecule has 0 spiro atoms. The maximum Gasteiger partial charge on any atom is 0.240 e. The van der Waals surface area contributed by atoms with Crippen LogP contribution in [0.1, 0.15) is 32.1 Å². The lowest BCUT2D eigenvalue weighted by molar-refractivity contribution is -0.121. The molecule has 0 saturated heterocycles. The van der Waals surface area contributed by atoms with E-state index in [0.29, 0.717) is 0 Å². The van der Waals surface area contributed by atoms with Gasteiger partial charge in [-0.1, -0.05) is 31.4 Å². The minimum atomic E-state index is -0.662. The predicted molar refractivity (Wildman–Crippen MR) is 82.2 cm³/mol. The SMILES string of the molecule is N#CC1(NC(=O)CNc2ccccc2Br)CCCCC1. The fourth-order valence-corrected chi connectivity index (χ4v) is 2.94. The van der Waals surface area contributed by atoms with E-state index in [0.717, 1.165) is 42.3 Å². The molecule has 1 aromatic rings. The average Bonchev–Trinajstić information content (AvgIpc) is 2.47. The van der Waals surface area contributed by atoms with Gasteiger partial charge in [0.1, 0.15) is 5.54 Å². The van der Waals surface area contributed by atoms with Crippen LogP contribution in [0.15, 0.2) is 28.7 Å². The number of hydrogen-bond donors (Lipinski definition) is 2. The van der Waals surface area contributed by atoms with Crippen LogP contribution in [0.3, 0.4) is 0 Å². The van der Waals surface area contributed by atoms with Gasteiger partial charge in [-0.05, 0) is 40.9 Å². The monoisotopic (exact) mass is 335 g/mol. The number of carbonyl (C=O) groups is 1. The van der Waals surface area contributed by atoms with Crippen molar-refractivity contribution in [2.24, 2.45) is 0 Å². The van der Waals surface area contributed by atoms with Crippen LogP contribution in [0, 0.1) is 11.3 Å². The summed E-state index contributed by atoms with van der Waals surface area (Å²) < 4.78 is 0.917. The van der Waals surface area contributed by atoms with Crippen LogP contribution in [0.4, 0.5) is 5.69 Å². The maximum absolute atomic E-state index is 12.0. The van der Waals surface area contributed by atoms with Gasteiger partial charge in [0.15, 0.2) is 0 Å². The Morgan fingerprint density at radius 3 is 2.65 bits per heavy atom. The van der Waals surface area contributed by atoms with Crippen LogP contribution in [0.25, 0.3) is 0 Å². The van der Waals surface area contributed by atoms with E-state index in [4.69, 9.17) is 0 Å². The summed E-state index contributed by atoms with van der Waals surface area (Å²) in [5.41, 5.74) is 0.211. The molecule has 2 rings (SSSR count). The molecule has 0 unspecified atom stereocenters. The fourth-order valence-electron chi connectivity index (χ4n) is 2.51. The number of carbonyl (C=O) groups excluding carboxylic acids is 1. The Kier molecular flexibility index (Phi) is 5.02. The Morgan fingerprint density at radius 2 is 2.00 bits per heavy atom. The van der Waals surface area contributed by atoms with Crippen molar-refractivity contribution in [3.8, 4) is 6.07 Å². The van der Waals surface area contributed by atoms with E-state index in [9.17, 15) is 10.1 Å². The highest BCUT2D eigenvalue weighted by Gasteiger charge is 2.33. The first-order chi connectivity index (χ1) is 9.65. The third kappa shape index (κ3) is 3.73. The van der Waals surface area contributed by atoms with Crippen LogP contribution >= 0.6 is 15.9 Å². The standard InChI is InChI=1S/C15H18BrN3O/c16-12-6-2-3-7-13(12)18-10-14(20)19-15(11-17)8-4-1-5-9-15/h2-3,6-7,18H,1,4-5,8-10H2,(H,19,20). The number of nitriles is 1. The highest BCUT2D eigenvalue weighted by Crippen LogP contribution is 2.27. The number of hydrogen-bond acceptors (Lipinski definition) is 3. The molecule has 4 nitrogen and oxygen atoms in total. The number of anilines is 1. The molecule has 1 amide bonds. The summed E-state index contributed by atoms with van der Waals surface area (Å²) in [5.74, 6) is -0.135. The van der Waals surface area contributed by atoms with Gasteiger partial charge in [-0.2, -0.15) is 5.26 Å².